The highest BCUT2D eigenvalue weighted by Gasteiger charge is 2.34. The third-order valence-electron chi connectivity index (χ3n) is 1.65. The molecule has 0 bridgehead atoms. The molecule has 1 aromatic heterocycles. The minimum atomic E-state index is -4.44. The molecule has 0 spiro atoms. The second-order valence-corrected chi connectivity index (χ2v) is 3.71. The van der Waals surface area contributed by atoms with E-state index in [1.165, 1.54) is 12.3 Å². The van der Waals surface area contributed by atoms with E-state index in [1.807, 2.05) is 6.92 Å². The number of pyridine rings is 1. The van der Waals surface area contributed by atoms with E-state index in [4.69, 9.17) is 4.74 Å². The first-order valence-corrected chi connectivity index (χ1v) is 5.25. The van der Waals surface area contributed by atoms with E-state index >= 15 is 0 Å². The molecule has 0 fully saturated rings. The first-order valence-electron chi connectivity index (χ1n) is 4.46. The lowest BCUT2D eigenvalue weighted by Gasteiger charge is -2.07. The Labute approximate surface area is 99.3 Å². The van der Waals surface area contributed by atoms with E-state index in [1.54, 1.807) is 6.08 Å². The third-order valence-corrected chi connectivity index (χ3v) is 2.26. The van der Waals surface area contributed by atoms with Crippen LogP contribution in [0.3, 0.4) is 0 Å². The van der Waals surface area contributed by atoms with Crippen LogP contribution in [0.4, 0.5) is 13.2 Å². The van der Waals surface area contributed by atoms with E-state index in [-0.39, 0.29) is 4.47 Å². The van der Waals surface area contributed by atoms with Crippen molar-refractivity contribution in [2.24, 2.45) is 0 Å². The molecule has 0 aliphatic carbocycles. The van der Waals surface area contributed by atoms with Crippen LogP contribution in [0.2, 0.25) is 0 Å². The Balaban J connectivity index is 2.91. The average Bonchev–Trinajstić information content (AvgIpc) is 2.16. The molecule has 0 saturated heterocycles. The lowest BCUT2D eigenvalue weighted by atomic mass is 10.2. The fourth-order valence-corrected chi connectivity index (χ4v) is 1.57. The van der Waals surface area contributed by atoms with Gasteiger partial charge in [-0.05, 0) is 40.6 Å². The Kier molecular flexibility index (Phi) is 4.35. The number of hydrogen-bond acceptors (Lipinski definition) is 2. The van der Waals surface area contributed by atoms with Crippen LogP contribution in [0.1, 0.15) is 18.2 Å². The van der Waals surface area contributed by atoms with Crippen LogP contribution >= 0.6 is 15.9 Å². The predicted molar refractivity (Wildman–Crippen MR) is 57.6 cm³/mol. The summed E-state index contributed by atoms with van der Waals surface area (Å²) in [5, 5.41) is 0. The first kappa shape index (κ1) is 13.0. The maximum absolute atomic E-state index is 12.4. The molecule has 0 unspecified atom stereocenters. The molecule has 0 aliphatic rings. The van der Waals surface area contributed by atoms with Gasteiger partial charge >= 0.3 is 6.18 Å². The monoisotopic (exact) mass is 295 g/mol. The normalized spacial score (nSPS) is 12.1. The Hall–Kier alpha value is -1.04. The summed E-state index contributed by atoms with van der Waals surface area (Å²) in [6.07, 6.45) is -0.345. The van der Waals surface area contributed by atoms with Crippen molar-refractivity contribution >= 4 is 22.0 Å². The number of nitrogens with zero attached hydrogens (tertiary/aromatic N) is 1. The number of ether oxygens (including phenoxy) is 1. The summed E-state index contributed by atoms with van der Waals surface area (Å²) in [4.78, 5) is 3.35. The van der Waals surface area contributed by atoms with Crippen molar-refractivity contribution in [3.63, 3.8) is 0 Å². The van der Waals surface area contributed by atoms with Crippen LogP contribution in [0.25, 0.3) is 6.08 Å². The Morgan fingerprint density at radius 1 is 1.50 bits per heavy atom. The second-order valence-electron chi connectivity index (χ2n) is 2.85. The number of hydrogen-bond donors (Lipinski definition) is 0. The molecule has 0 N–H and O–H groups in total. The van der Waals surface area contributed by atoms with Gasteiger partial charge in [0.25, 0.3) is 0 Å². The van der Waals surface area contributed by atoms with Gasteiger partial charge in [0.05, 0.1) is 12.9 Å². The van der Waals surface area contributed by atoms with Crippen molar-refractivity contribution in [2.45, 2.75) is 13.1 Å². The van der Waals surface area contributed by atoms with Gasteiger partial charge in [-0.1, -0.05) is 0 Å². The molecule has 0 aromatic carbocycles. The van der Waals surface area contributed by atoms with E-state index in [2.05, 4.69) is 20.9 Å². The summed E-state index contributed by atoms with van der Waals surface area (Å²) in [6.45, 7) is 2.32. The average molecular weight is 296 g/mol. The van der Waals surface area contributed by atoms with Crippen LogP contribution in [-0.4, -0.2) is 11.6 Å². The molecule has 16 heavy (non-hydrogen) atoms. The summed E-state index contributed by atoms with van der Waals surface area (Å²) in [5.41, 5.74) is -0.394. The molecular formula is C10H9BrF3NO. The summed E-state index contributed by atoms with van der Waals surface area (Å²) >= 11 is 2.83. The second kappa shape index (κ2) is 5.34. The SMILES string of the molecule is CCOC=Cc1cnc(C(F)(F)F)c(Br)c1. The van der Waals surface area contributed by atoms with E-state index in [9.17, 15) is 13.2 Å². The quantitative estimate of drug-likeness (QED) is 0.790. The topological polar surface area (TPSA) is 22.1 Å². The van der Waals surface area contributed by atoms with Gasteiger partial charge in [0.1, 0.15) is 0 Å². The molecule has 1 rings (SSSR count). The Bertz CT molecular complexity index is 390. The van der Waals surface area contributed by atoms with Crippen molar-refractivity contribution in [1.82, 2.24) is 4.98 Å². The van der Waals surface area contributed by atoms with Crippen LogP contribution in [0, 0.1) is 0 Å². The minimum Gasteiger partial charge on any atom is -0.501 e. The fourth-order valence-electron chi connectivity index (χ4n) is 0.975. The van der Waals surface area contributed by atoms with Crippen LogP contribution < -0.4 is 0 Å². The molecular weight excluding hydrogens is 287 g/mol. The zero-order chi connectivity index (χ0) is 12.2. The van der Waals surface area contributed by atoms with E-state index < -0.39 is 11.9 Å². The standard InChI is InChI=1S/C10H9BrF3NO/c1-2-16-4-3-7-5-8(11)9(15-6-7)10(12,13)14/h3-6H,2H2,1H3. The molecule has 6 heteroatoms. The maximum atomic E-state index is 12.4. The highest BCUT2D eigenvalue weighted by molar-refractivity contribution is 9.10. The summed E-state index contributed by atoms with van der Waals surface area (Å²) in [6, 6.07) is 1.34. The van der Waals surface area contributed by atoms with Gasteiger partial charge in [0, 0.05) is 10.7 Å². The predicted octanol–water partition coefficient (Wildman–Crippen LogP) is 3.87. The van der Waals surface area contributed by atoms with Crippen molar-refractivity contribution in [3.8, 4) is 0 Å². The Morgan fingerprint density at radius 3 is 2.69 bits per heavy atom. The summed E-state index contributed by atoms with van der Waals surface area (Å²) < 4.78 is 41.9. The maximum Gasteiger partial charge on any atom is 0.434 e. The fraction of sp³-hybridized carbons (Fsp3) is 0.300. The smallest absolute Gasteiger partial charge is 0.434 e. The van der Waals surface area contributed by atoms with Crippen LogP contribution in [0.5, 0.6) is 0 Å². The summed E-state index contributed by atoms with van der Waals surface area (Å²) in [5.74, 6) is 0. The Morgan fingerprint density at radius 2 is 2.19 bits per heavy atom. The van der Waals surface area contributed by atoms with Gasteiger partial charge in [-0.3, -0.25) is 4.98 Å². The molecule has 1 heterocycles. The lowest BCUT2D eigenvalue weighted by molar-refractivity contribution is -0.141. The minimum absolute atomic E-state index is 0.0846. The van der Waals surface area contributed by atoms with Crippen molar-refractivity contribution in [1.29, 1.82) is 0 Å². The summed E-state index contributed by atoms with van der Waals surface area (Å²) in [7, 11) is 0. The van der Waals surface area contributed by atoms with Crippen LogP contribution in [0.15, 0.2) is 23.0 Å². The van der Waals surface area contributed by atoms with Crippen molar-refractivity contribution in [3.05, 3.63) is 34.3 Å². The highest BCUT2D eigenvalue weighted by Crippen LogP contribution is 2.33. The molecule has 0 amide bonds. The number of alkyl halides is 3. The van der Waals surface area contributed by atoms with E-state index in [0.29, 0.717) is 12.2 Å². The van der Waals surface area contributed by atoms with Gasteiger partial charge in [0.2, 0.25) is 0 Å². The first-order chi connectivity index (χ1) is 7.45. The van der Waals surface area contributed by atoms with Gasteiger partial charge in [-0.25, -0.2) is 0 Å². The van der Waals surface area contributed by atoms with Gasteiger partial charge in [-0.15, -0.1) is 0 Å². The number of rotatable bonds is 3. The van der Waals surface area contributed by atoms with Gasteiger partial charge in [-0.2, -0.15) is 13.2 Å². The van der Waals surface area contributed by atoms with Crippen molar-refractivity contribution < 1.29 is 17.9 Å². The van der Waals surface area contributed by atoms with Crippen LogP contribution in [-0.2, 0) is 10.9 Å². The van der Waals surface area contributed by atoms with Gasteiger partial charge < -0.3 is 4.74 Å². The molecule has 2 nitrogen and oxygen atoms in total. The lowest BCUT2D eigenvalue weighted by Crippen LogP contribution is -2.08. The van der Waals surface area contributed by atoms with Gasteiger partial charge in [0.15, 0.2) is 5.69 Å². The molecule has 1 aromatic rings. The zero-order valence-electron chi connectivity index (χ0n) is 8.38. The molecule has 0 radical (unpaired) electrons. The van der Waals surface area contributed by atoms with E-state index in [0.717, 1.165) is 6.20 Å². The highest BCUT2D eigenvalue weighted by atomic mass is 79.9. The number of aromatic nitrogens is 1. The molecule has 0 aliphatic heterocycles. The molecule has 0 atom stereocenters. The molecule has 0 saturated carbocycles. The number of halogens is 4. The third kappa shape index (κ3) is 3.52. The molecule has 88 valence electrons. The zero-order valence-corrected chi connectivity index (χ0v) is 9.97. The largest absolute Gasteiger partial charge is 0.501 e. The van der Waals surface area contributed by atoms with Crippen molar-refractivity contribution in [2.75, 3.05) is 6.61 Å².